The molecule has 0 aromatic carbocycles. The lowest BCUT2D eigenvalue weighted by Gasteiger charge is -2.45. The summed E-state index contributed by atoms with van der Waals surface area (Å²) < 4.78 is 7.85. The van der Waals surface area contributed by atoms with Crippen molar-refractivity contribution < 1.29 is 4.74 Å². The fourth-order valence-corrected chi connectivity index (χ4v) is 2.02. The minimum Gasteiger partial charge on any atom is -0.370 e. The Morgan fingerprint density at radius 1 is 1.47 bits per heavy atom. The summed E-state index contributed by atoms with van der Waals surface area (Å²) in [5.74, 6) is 0. The maximum atomic E-state index is 5.98. The summed E-state index contributed by atoms with van der Waals surface area (Å²) in [7, 11) is 0. The van der Waals surface area contributed by atoms with Crippen LogP contribution in [0.3, 0.4) is 0 Å². The minimum atomic E-state index is -0.115. The fourth-order valence-electron chi connectivity index (χ4n) is 2.02. The summed E-state index contributed by atoms with van der Waals surface area (Å²) in [6.45, 7) is 6.20. The van der Waals surface area contributed by atoms with Gasteiger partial charge in [-0.05, 0) is 33.3 Å². The van der Waals surface area contributed by atoms with E-state index in [2.05, 4.69) is 25.9 Å². The van der Waals surface area contributed by atoms with Crippen LogP contribution >= 0.6 is 0 Å². The molecular formula is C11H19N3O. The van der Waals surface area contributed by atoms with Crippen molar-refractivity contribution in [1.29, 1.82) is 0 Å². The monoisotopic (exact) mass is 209 g/mol. The van der Waals surface area contributed by atoms with Crippen molar-refractivity contribution in [2.24, 2.45) is 5.73 Å². The molecule has 2 rings (SSSR count). The van der Waals surface area contributed by atoms with Crippen molar-refractivity contribution in [2.75, 3.05) is 0 Å². The van der Waals surface area contributed by atoms with Crippen LogP contribution in [0.15, 0.2) is 18.5 Å². The van der Waals surface area contributed by atoms with Crippen molar-refractivity contribution >= 4 is 0 Å². The summed E-state index contributed by atoms with van der Waals surface area (Å²) in [6.07, 6.45) is 4.84. The van der Waals surface area contributed by atoms with E-state index in [0.29, 0.717) is 0 Å². The summed E-state index contributed by atoms with van der Waals surface area (Å²) in [5.41, 5.74) is 5.87. The fraction of sp³-hybridized carbons (Fsp3) is 0.727. The van der Waals surface area contributed by atoms with Gasteiger partial charge in [0.05, 0.1) is 17.7 Å². The lowest BCUT2D eigenvalue weighted by atomic mass is 9.83. The molecule has 0 aliphatic heterocycles. The van der Waals surface area contributed by atoms with Gasteiger partial charge in [0.2, 0.25) is 0 Å². The molecule has 2 N–H and O–H groups in total. The Balaban J connectivity index is 2.04. The second-order valence-corrected chi connectivity index (χ2v) is 5.14. The van der Waals surface area contributed by atoms with Gasteiger partial charge in [-0.25, -0.2) is 0 Å². The van der Waals surface area contributed by atoms with E-state index in [0.717, 1.165) is 6.42 Å². The quantitative estimate of drug-likeness (QED) is 0.799. The van der Waals surface area contributed by atoms with Gasteiger partial charge in [-0.3, -0.25) is 4.68 Å². The Kier molecular flexibility index (Phi) is 2.56. The largest absolute Gasteiger partial charge is 0.370 e. The van der Waals surface area contributed by atoms with Gasteiger partial charge in [0.15, 0.2) is 0 Å². The van der Waals surface area contributed by atoms with Crippen LogP contribution in [0.5, 0.6) is 0 Å². The molecule has 4 heteroatoms. The van der Waals surface area contributed by atoms with Crippen LogP contribution in [0.25, 0.3) is 0 Å². The molecular weight excluding hydrogens is 190 g/mol. The Labute approximate surface area is 90.4 Å². The molecule has 1 heterocycles. The predicted molar refractivity (Wildman–Crippen MR) is 58.5 cm³/mol. The van der Waals surface area contributed by atoms with Gasteiger partial charge in [0, 0.05) is 18.4 Å². The second kappa shape index (κ2) is 3.61. The van der Waals surface area contributed by atoms with Crippen molar-refractivity contribution in [3.05, 3.63) is 18.5 Å². The smallest absolute Gasteiger partial charge is 0.0932 e. The molecule has 0 unspecified atom stereocenters. The van der Waals surface area contributed by atoms with Gasteiger partial charge in [-0.1, -0.05) is 0 Å². The lowest BCUT2D eigenvalue weighted by Crippen LogP contribution is -2.55. The molecule has 3 atom stereocenters. The van der Waals surface area contributed by atoms with Crippen molar-refractivity contribution in [3.8, 4) is 0 Å². The summed E-state index contributed by atoms with van der Waals surface area (Å²) in [4.78, 5) is 0. The van der Waals surface area contributed by atoms with Crippen LogP contribution in [-0.2, 0) is 4.74 Å². The first-order valence-corrected chi connectivity index (χ1v) is 5.40. The zero-order valence-electron chi connectivity index (χ0n) is 9.55. The van der Waals surface area contributed by atoms with E-state index in [9.17, 15) is 0 Å². The van der Waals surface area contributed by atoms with E-state index in [-0.39, 0.29) is 23.8 Å². The van der Waals surface area contributed by atoms with E-state index in [1.54, 1.807) is 6.20 Å². The van der Waals surface area contributed by atoms with E-state index < -0.39 is 0 Å². The average Bonchev–Trinajstić information content (AvgIpc) is 2.53. The molecule has 1 aliphatic rings. The standard InChI is InChI=1S/C11H19N3O/c1-11(2,3)15-9-7-8(12)10(9)14-6-4-5-13-14/h4-6,8-10H,7,12H2,1-3H3/t8-,9-,10-/m1/s1. The van der Waals surface area contributed by atoms with Gasteiger partial charge in [-0.2, -0.15) is 5.10 Å². The molecule has 0 bridgehead atoms. The maximum absolute atomic E-state index is 5.98. The van der Waals surface area contributed by atoms with E-state index in [1.165, 1.54) is 0 Å². The van der Waals surface area contributed by atoms with E-state index in [4.69, 9.17) is 10.5 Å². The van der Waals surface area contributed by atoms with Crippen LogP contribution in [0, 0.1) is 0 Å². The minimum absolute atomic E-state index is 0.115. The topological polar surface area (TPSA) is 53.1 Å². The molecule has 1 aromatic heterocycles. The van der Waals surface area contributed by atoms with E-state index >= 15 is 0 Å². The average molecular weight is 209 g/mol. The Morgan fingerprint density at radius 2 is 2.20 bits per heavy atom. The first kappa shape index (κ1) is 10.6. The number of nitrogens with two attached hydrogens (primary N) is 1. The predicted octanol–water partition coefficient (Wildman–Crippen LogP) is 1.34. The number of hydrogen-bond acceptors (Lipinski definition) is 3. The normalized spacial score (nSPS) is 31.3. The molecule has 1 aliphatic carbocycles. The first-order valence-electron chi connectivity index (χ1n) is 5.40. The van der Waals surface area contributed by atoms with Crippen molar-refractivity contribution in [3.63, 3.8) is 0 Å². The van der Waals surface area contributed by atoms with Crippen molar-refractivity contribution in [2.45, 2.75) is 51.0 Å². The SMILES string of the molecule is CC(C)(C)O[C@@H]1C[C@@H](N)[C@H]1n1cccn1. The van der Waals surface area contributed by atoms with Gasteiger partial charge < -0.3 is 10.5 Å². The zero-order valence-corrected chi connectivity index (χ0v) is 9.55. The lowest BCUT2D eigenvalue weighted by molar-refractivity contribution is -0.129. The molecule has 0 radical (unpaired) electrons. The van der Waals surface area contributed by atoms with Gasteiger partial charge in [0.1, 0.15) is 0 Å². The number of ether oxygens (including phenoxy) is 1. The highest BCUT2D eigenvalue weighted by Crippen LogP contribution is 2.35. The highest BCUT2D eigenvalue weighted by atomic mass is 16.5. The van der Waals surface area contributed by atoms with Gasteiger partial charge in [0.25, 0.3) is 0 Å². The summed E-state index contributed by atoms with van der Waals surface area (Å²) in [5, 5.41) is 4.23. The number of rotatable bonds is 2. The zero-order chi connectivity index (χ0) is 11.1. The van der Waals surface area contributed by atoms with Crippen LogP contribution < -0.4 is 5.73 Å². The number of hydrogen-bond donors (Lipinski definition) is 1. The Morgan fingerprint density at radius 3 is 2.67 bits per heavy atom. The maximum Gasteiger partial charge on any atom is 0.0932 e. The van der Waals surface area contributed by atoms with Gasteiger partial charge >= 0.3 is 0 Å². The molecule has 1 saturated carbocycles. The molecule has 0 spiro atoms. The molecule has 1 aromatic rings. The van der Waals surface area contributed by atoms with Crippen LogP contribution in [0.1, 0.15) is 33.2 Å². The number of aromatic nitrogens is 2. The summed E-state index contributed by atoms with van der Waals surface area (Å²) >= 11 is 0. The third kappa shape index (κ3) is 2.21. The van der Waals surface area contributed by atoms with Crippen LogP contribution in [0.4, 0.5) is 0 Å². The van der Waals surface area contributed by atoms with Crippen LogP contribution in [0.2, 0.25) is 0 Å². The molecule has 1 fully saturated rings. The first-order chi connectivity index (χ1) is 6.97. The molecule has 15 heavy (non-hydrogen) atoms. The molecule has 84 valence electrons. The molecule has 0 saturated heterocycles. The number of nitrogens with zero attached hydrogens (tertiary/aromatic N) is 2. The molecule has 4 nitrogen and oxygen atoms in total. The van der Waals surface area contributed by atoms with Crippen LogP contribution in [-0.4, -0.2) is 27.5 Å². The summed E-state index contributed by atoms with van der Waals surface area (Å²) in [6, 6.07) is 2.27. The van der Waals surface area contributed by atoms with Crippen molar-refractivity contribution in [1.82, 2.24) is 9.78 Å². The van der Waals surface area contributed by atoms with Gasteiger partial charge in [-0.15, -0.1) is 0 Å². The Bertz CT molecular complexity index is 315. The molecule has 0 amide bonds. The third-order valence-corrected chi connectivity index (χ3v) is 2.66. The van der Waals surface area contributed by atoms with E-state index in [1.807, 2.05) is 16.9 Å². The third-order valence-electron chi connectivity index (χ3n) is 2.66. The highest BCUT2D eigenvalue weighted by Gasteiger charge is 2.43. The second-order valence-electron chi connectivity index (χ2n) is 5.14. The highest BCUT2D eigenvalue weighted by molar-refractivity contribution is 5.00. The Hall–Kier alpha value is -0.870.